The van der Waals surface area contributed by atoms with E-state index in [1.807, 2.05) is 63.2 Å². The van der Waals surface area contributed by atoms with Crippen LogP contribution in [-0.2, 0) is 39.0 Å². The Morgan fingerprint density at radius 3 is 2.10 bits per heavy atom. The van der Waals surface area contributed by atoms with E-state index < -0.39 is 28.5 Å². The number of sulfonamides is 1. The van der Waals surface area contributed by atoms with Gasteiger partial charge in [-0.25, -0.2) is 8.42 Å². The molecule has 10 heteroatoms. The number of nitrogens with one attached hydrogen (secondary N) is 1. The number of amides is 2. The Morgan fingerprint density at radius 2 is 1.51 bits per heavy atom. The molecule has 2 amide bonds. The first-order valence-electron chi connectivity index (χ1n) is 13.6. The number of carbonyl (C=O) groups is 2. The highest BCUT2D eigenvalue weighted by Gasteiger charge is 2.34. The van der Waals surface area contributed by atoms with Crippen LogP contribution in [0.25, 0.3) is 0 Å². The average Bonchev–Trinajstić information content (AvgIpc) is 2.94. The van der Waals surface area contributed by atoms with Gasteiger partial charge in [-0.1, -0.05) is 91.6 Å². The summed E-state index contributed by atoms with van der Waals surface area (Å²) in [6.45, 7) is 5.18. The van der Waals surface area contributed by atoms with Crippen LogP contribution in [-0.4, -0.2) is 50.0 Å². The Balaban J connectivity index is 2.13. The summed E-state index contributed by atoms with van der Waals surface area (Å²) in [6.07, 6.45) is 2.55. The molecule has 2 atom stereocenters. The van der Waals surface area contributed by atoms with Gasteiger partial charge in [0.15, 0.2) is 0 Å². The van der Waals surface area contributed by atoms with Gasteiger partial charge in [0.2, 0.25) is 21.8 Å². The Bertz CT molecular complexity index is 1430. The van der Waals surface area contributed by atoms with Gasteiger partial charge in [0.25, 0.3) is 0 Å². The second kappa shape index (κ2) is 14.7. The van der Waals surface area contributed by atoms with Crippen LogP contribution in [0, 0.1) is 0 Å². The van der Waals surface area contributed by atoms with Crippen molar-refractivity contribution in [3.05, 3.63) is 99.5 Å². The number of carbonyl (C=O) groups excluding carboxylic acids is 2. The third kappa shape index (κ3) is 8.71. The first-order valence-corrected chi connectivity index (χ1v) is 16.2. The molecule has 220 valence electrons. The summed E-state index contributed by atoms with van der Waals surface area (Å²) < 4.78 is 27.2. The van der Waals surface area contributed by atoms with E-state index in [0.29, 0.717) is 34.1 Å². The summed E-state index contributed by atoms with van der Waals surface area (Å²) in [5, 5.41) is 3.68. The number of halogens is 2. The molecule has 0 saturated heterocycles. The maximum atomic E-state index is 14.2. The van der Waals surface area contributed by atoms with Crippen molar-refractivity contribution in [2.75, 3.05) is 17.1 Å². The minimum atomic E-state index is -3.86. The van der Waals surface area contributed by atoms with Crippen LogP contribution in [0.3, 0.4) is 0 Å². The molecule has 3 aromatic carbocycles. The zero-order valence-electron chi connectivity index (χ0n) is 23.8. The molecular weight excluding hydrogens is 581 g/mol. The number of hydrogen-bond acceptors (Lipinski definition) is 4. The summed E-state index contributed by atoms with van der Waals surface area (Å²) in [6, 6.07) is 20.4. The van der Waals surface area contributed by atoms with E-state index in [4.69, 9.17) is 23.2 Å². The molecule has 0 bridgehead atoms. The van der Waals surface area contributed by atoms with E-state index in [1.165, 1.54) is 4.90 Å². The standard InChI is InChI=1S/C31H37Cl2N3O4S/c1-5-22(3)34-31(38)29(19-23-13-8-7-9-14-23)35(20-25-26(32)16-12-17-27(25)33)30(37)21-36(41(4,39)40)28-18-11-10-15-24(28)6-2/h7-18,22,29H,5-6,19-21H2,1-4H3,(H,34,38). The van der Waals surface area contributed by atoms with Crippen molar-refractivity contribution in [1.82, 2.24) is 10.2 Å². The van der Waals surface area contributed by atoms with Gasteiger partial charge in [-0.3, -0.25) is 13.9 Å². The molecule has 0 spiro atoms. The van der Waals surface area contributed by atoms with Crippen molar-refractivity contribution in [2.24, 2.45) is 0 Å². The van der Waals surface area contributed by atoms with Crippen LogP contribution in [0.5, 0.6) is 0 Å². The van der Waals surface area contributed by atoms with Gasteiger partial charge in [0.05, 0.1) is 11.9 Å². The van der Waals surface area contributed by atoms with E-state index in [2.05, 4.69) is 5.32 Å². The van der Waals surface area contributed by atoms with E-state index in [9.17, 15) is 18.0 Å². The lowest BCUT2D eigenvalue weighted by Gasteiger charge is -2.34. The number of nitrogens with zero attached hydrogens (tertiary/aromatic N) is 2. The lowest BCUT2D eigenvalue weighted by Crippen LogP contribution is -2.54. The molecule has 0 fully saturated rings. The number of hydrogen-bond donors (Lipinski definition) is 1. The van der Waals surface area contributed by atoms with Gasteiger partial charge in [-0.2, -0.15) is 0 Å². The Morgan fingerprint density at radius 1 is 0.902 bits per heavy atom. The van der Waals surface area contributed by atoms with Crippen LogP contribution in [0.2, 0.25) is 10.0 Å². The SMILES string of the molecule is CCc1ccccc1N(CC(=O)N(Cc1c(Cl)cccc1Cl)C(Cc1ccccc1)C(=O)NC(C)CC)S(C)(=O)=O. The molecular formula is C31H37Cl2N3O4S. The van der Waals surface area contributed by atoms with E-state index in [-0.39, 0.29) is 24.9 Å². The predicted molar refractivity (Wildman–Crippen MR) is 167 cm³/mol. The van der Waals surface area contributed by atoms with Gasteiger partial charge >= 0.3 is 0 Å². The van der Waals surface area contributed by atoms with Crippen LogP contribution in [0.1, 0.15) is 43.9 Å². The molecule has 3 rings (SSSR count). The Hall–Kier alpha value is -3.07. The molecule has 41 heavy (non-hydrogen) atoms. The summed E-state index contributed by atoms with van der Waals surface area (Å²) in [4.78, 5) is 29.4. The fourth-order valence-electron chi connectivity index (χ4n) is 4.50. The lowest BCUT2D eigenvalue weighted by atomic mass is 10.0. The maximum absolute atomic E-state index is 14.2. The smallest absolute Gasteiger partial charge is 0.244 e. The molecule has 0 aromatic heterocycles. The minimum absolute atomic E-state index is 0.0875. The van der Waals surface area contributed by atoms with Crippen molar-refractivity contribution in [3.8, 4) is 0 Å². The number of para-hydroxylation sites is 1. The van der Waals surface area contributed by atoms with Gasteiger partial charge in [0, 0.05) is 34.6 Å². The highest BCUT2D eigenvalue weighted by molar-refractivity contribution is 7.92. The zero-order chi connectivity index (χ0) is 30.2. The van der Waals surface area contributed by atoms with Crippen molar-refractivity contribution in [3.63, 3.8) is 0 Å². The van der Waals surface area contributed by atoms with E-state index >= 15 is 0 Å². The van der Waals surface area contributed by atoms with Crippen molar-refractivity contribution in [2.45, 2.75) is 58.7 Å². The van der Waals surface area contributed by atoms with Crippen molar-refractivity contribution < 1.29 is 18.0 Å². The van der Waals surface area contributed by atoms with Crippen LogP contribution >= 0.6 is 23.2 Å². The fraction of sp³-hybridized carbons (Fsp3) is 0.355. The van der Waals surface area contributed by atoms with Gasteiger partial charge in [-0.15, -0.1) is 0 Å². The van der Waals surface area contributed by atoms with Crippen molar-refractivity contribution in [1.29, 1.82) is 0 Å². The first kappa shape index (κ1) is 32.4. The summed E-state index contributed by atoms with van der Waals surface area (Å²) in [7, 11) is -3.86. The number of benzene rings is 3. The third-order valence-electron chi connectivity index (χ3n) is 6.98. The van der Waals surface area contributed by atoms with Crippen molar-refractivity contribution >= 4 is 50.7 Å². The predicted octanol–water partition coefficient (Wildman–Crippen LogP) is 5.88. The molecule has 1 N–H and O–H groups in total. The summed E-state index contributed by atoms with van der Waals surface area (Å²) in [5.74, 6) is -0.905. The quantitative estimate of drug-likeness (QED) is 0.260. The largest absolute Gasteiger partial charge is 0.352 e. The summed E-state index contributed by atoms with van der Waals surface area (Å²) in [5.41, 5.74) is 2.52. The maximum Gasteiger partial charge on any atom is 0.244 e. The molecule has 3 aromatic rings. The normalized spacial score (nSPS) is 12.8. The molecule has 0 aliphatic rings. The van der Waals surface area contributed by atoms with Crippen LogP contribution in [0.15, 0.2) is 72.8 Å². The molecule has 0 saturated carbocycles. The molecule has 0 aliphatic heterocycles. The lowest BCUT2D eigenvalue weighted by molar-refractivity contribution is -0.140. The fourth-order valence-corrected chi connectivity index (χ4v) is 5.89. The Kier molecular flexibility index (Phi) is 11.6. The molecule has 2 unspecified atom stereocenters. The third-order valence-corrected chi connectivity index (χ3v) is 8.82. The minimum Gasteiger partial charge on any atom is -0.352 e. The second-order valence-corrected chi connectivity index (χ2v) is 12.7. The molecule has 0 radical (unpaired) electrons. The second-order valence-electron chi connectivity index (χ2n) is 10.00. The van der Waals surface area contributed by atoms with Gasteiger partial charge < -0.3 is 10.2 Å². The molecule has 7 nitrogen and oxygen atoms in total. The highest BCUT2D eigenvalue weighted by atomic mass is 35.5. The number of rotatable bonds is 13. The van der Waals surface area contributed by atoms with Gasteiger partial charge in [0.1, 0.15) is 12.6 Å². The van der Waals surface area contributed by atoms with Crippen LogP contribution < -0.4 is 9.62 Å². The van der Waals surface area contributed by atoms with E-state index in [0.717, 1.165) is 21.7 Å². The number of anilines is 1. The topological polar surface area (TPSA) is 86.8 Å². The molecule has 0 heterocycles. The zero-order valence-corrected chi connectivity index (χ0v) is 26.1. The van der Waals surface area contributed by atoms with Crippen LogP contribution in [0.4, 0.5) is 5.69 Å². The van der Waals surface area contributed by atoms with Gasteiger partial charge in [-0.05, 0) is 49.1 Å². The Labute approximate surface area is 253 Å². The first-order chi connectivity index (χ1) is 19.5. The summed E-state index contributed by atoms with van der Waals surface area (Å²) >= 11 is 13.0. The highest BCUT2D eigenvalue weighted by Crippen LogP contribution is 2.29. The number of aryl methyl sites for hydroxylation is 1. The monoisotopic (exact) mass is 617 g/mol. The average molecular weight is 619 g/mol. The molecule has 0 aliphatic carbocycles. The van der Waals surface area contributed by atoms with E-state index in [1.54, 1.807) is 30.3 Å².